The number of aromatic amines is 1. The van der Waals surface area contributed by atoms with Crippen molar-refractivity contribution in [1.82, 2.24) is 35.4 Å². The van der Waals surface area contributed by atoms with Crippen molar-refractivity contribution >= 4 is 58.0 Å². The second-order valence-corrected chi connectivity index (χ2v) is 12.0. The van der Waals surface area contributed by atoms with E-state index in [-0.39, 0.29) is 34.3 Å². The molecule has 5 rings (SSSR count). The van der Waals surface area contributed by atoms with Crippen molar-refractivity contribution in [1.29, 1.82) is 0 Å². The van der Waals surface area contributed by atoms with Crippen LogP contribution in [0.15, 0.2) is 48.8 Å². The smallest absolute Gasteiger partial charge is 0.355 e. The Morgan fingerprint density at radius 3 is 2.62 bits per heavy atom. The van der Waals surface area contributed by atoms with Gasteiger partial charge in [-0.1, -0.05) is 11.6 Å². The van der Waals surface area contributed by atoms with Crippen LogP contribution in [0, 0.1) is 5.82 Å². The van der Waals surface area contributed by atoms with Gasteiger partial charge in [-0.15, -0.1) is 5.10 Å². The monoisotopic (exact) mass is 666 g/mol. The summed E-state index contributed by atoms with van der Waals surface area (Å²) in [6.07, 6.45) is 3.10. The summed E-state index contributed by atoms with van der Waals surface area (Å²) in [7, 11) is 0. The van der Waals surface area contributed by atoms with Crippen LogP contribution in [0.2, 0.25) is 5.02 Å². The molecule has 1 aliphatic heterocycles. The largest absolute Gasteiger partial charge is 0.455 e. The highest BCUT2D eigenvalue weighted by atomic mass is 35.5. The Morgan fingerprint density at radius 2 is 1.91 bits per heavy atom. The molecule has 1 fully saturated rings. The number of tetrazole rings is 1. The summed E-state index contributed by atoms with van der Waals surface area (Å²) in [5, 5.41) is 16.6. The molecule has 0 saturated carbocycles. The number of carbonyl (C=O) groups excluding carboxylic acids is 4. The van der Waals surface area contributed by atoms with E-state index in [2.05, 4.69) is 31.1 Å². The second-order valence-electron chi connectivity index (χ2n) is 11.6. The highest BCUT2D eigenvalue weighted by molar-refractivity contribution is 6.31. The van der Waals surface area contributed by atoms with E-state index in [4.69, 9.17) is 21.1 Å². The Labute approximate surface area is 273 Å². The third kappa shape index (κ3) is 8.37. The van der Waals surface area contributed by atoms with Crippen LogP contribution in [0.3, 0.4) is 0 Å². The molecule has 0 radical (unpaired) electrons. The Balaban J connectivity index is 1.35. The van der Waals surface area contributed by atoms with Crippen molar-refractivity contribution in [3.63, 3.8) is 0 Å². The fourth-order valence-electron chi connectivity index (χ4n) is 4.77. The second kappa shape index (κ2) is 14.1. The van der Waals surface area contributed by atoms with Gasteiger partial charge in [-0.25, -0.2) is 9.18 Å². The molecule has 0 spiro atoms. The first-order valence-electron chi connectivity index (χ1n) is 14.6. The van der Waals surface area contributed by atoms with E-state index in [1.807, 2.05) is 0 Å². The lowest BCUT2D eigenvalue weighted by Crippen LogP contribution is -2.48. The van der Waals surface area contributed by atoms with Crippen LogP contribution in [-0.2, 0) is 23.9 Å². The van der Waals surface area contributed by atoms with Gasteiger partial charge in [-0.05, 0) is 73.7 Å². The summed E-state index contributed by atoms with van der Waals surface area (Å²) < 4.78 is 26.9. The van der Waals surface area contributed by atoms with Gasteiger partial charge in [0.15, 0.2) is 5.82 Å². The lowest BCUT2D eigenvalue weighted by molar-refractivity contribution is -0.137. The number of amides is 3. The molecule has 0 aliphatic carbocycles. The first kappa shape index (κ1) is 33.2. The van der Waals surface area contributed by atoms with Crippen LogP contribution in [0.4, 0.5) is 10.1 Å². The minimum absolute atomic E-state index is 0.0732. The number of nitrogens with one attached hydrogen (secondary N) is 3. The Bertz CT molecular complexity index is 1830. The Kier molecular flexibility index (Phi) is 9.96. The van der Waals surface area contributed by atoms with Crippen molar-refractivity contribution in [2.45, 2.75) is 38.8 Å². The molecule has 1 aliphatic rings. The van der Waals surface area contributed by atoms with Gasteiger partial charge < -0.3 is 30.0 Å². The molecule has 2 aromatic heterocycles. The van der Waals surface area contributed by atoms with Gasteiger partial charge in [0.1, 0.15) is 23.7 Å². The number of hydrogen-bond donors (Lipinski definition) is 3. The maximum atomic E-state index is 15.0. The van der Waals surface area contributed by atoms with Crippen molar-refractivity contribution < 1.29 is 33.0 Å². The number of morpholine rings is 1. The third-order valence-corrected chi connectivity index (χ3v) is 7.28. The molecule has 16 heteroatoms. The predicted molar refractivity (Wildman–Crippen MR) is 169 cm³/mol. The first-order chi connectivity index (χ1) is 22.4. The molecule has 4 aromatic rings. The summed E-state index contributed by atoms with van der Waals surface area (Å²) in [4.78, 5) is 56.8. The third-order valence-electron chi connectivity index (χ3n) is 6.99. The lowest BCUT2D eigenvalue weighted by Gasteiger charge is -2.28. The zero-order valence-corrected chi connectivity index (χ0v) is 26.5. The first-order valence-corrected chi connectivity index (χ1v) is 15.0. The minimum Gasteiger partial charge on any atom is -0.455 e. The van der Waals surface area contributed by atoms with Crippen LogP contribution in [0.1, 0.15) is 43.2 Å². The summed E-state index contributed by atoms with van der Waals surface area (Å²) in [6, 6.07) is 8.04. The highest BCUT2D eigenvalue weighted by Gasteiger charge is 2.28. The van der Waals surface area contributed by atoms with Crippen LogP contribution in [-0.4, -0.2) is 91.7 Å². The molecule has 1 saturated heterocycles. The van der Waals surface area contributed by atoms with E-state index in [0.29, 0.717) is 42.9 Å². The minimum atomic E-state index is -1.30. The van der Waals surface area contributed by atoms with Gasteiger partial charge in [-0.3, -0.25) is 14.4 Å². The van der Waals surface area contributed by atoms with E-state index in [9.17, 15) is 23.6 Å². The van der Waals surface area contributed by atoms with Gasteiger partial charge in [0.05, 0.1) is 30.3 Å². The fourth-order valence-corrected chi connectivity index (χ4v) is 4.94. The van der Waals surface area contributed by atoms with Gasteiger partial charge in [-0.2, -0.15) is 4.68 Å². The van der Waals surface area contributed by atoms with Crippen molar-refractivity contribution in [2.75, 3.05) is 31.6 Å². The molecule has 0 bridgehead atoms. The number of aromatic nitrogens is 5. The van der Waals surface area contributed by atoms with E-state index >= 15 is 0 Å². The van der Waals surface area contributed by atoms with Crippen LogP contribution in [0.25, 0.3) is 22.7 Å². The number of anilines is 1. The SMILES string of the molecule is CC(C)(C)OC(=O)c1cc2cc(NC(=O)[C@H](CC(=O)N3CCOCC3)NC(=O)/C=C/c3c(-n4cnnn4)ccc(Cl)c3F)ccc2[nH]1. The summed E-state index contributed by atoms with van der Waals surface area (Å²) in [6.45, 7) is 6.69. The van der Waals surface area contributed by atoms with Gasteiger partial charge in [0.25, 0.3) is 0 Å². The maximum Gasteiger partial charge on any atom is 0.355 e. The Hall–Kier alpha value is -5.15. The molecule has 47 heavy (non-hydrogen) atoms. The average molecular weight is 667 g/mol. The van der Waals surface area contributed by atoms with Crippen LogP contribution in [0.5, 0.6) is 0 Å². The molecule has 3 amide bonds. The molecular weight excluding hydrogens is 635 g/mol. The fraction of sp³-hybridized carbons (Fsp3) is 0.323. The van der Waals surface area contributed by atoms with E-state index < -0.39 is 35.2 Å². The Morgan fingerprint density at radius 1 is 1.15 bits per heavy atom. The molecule has 3 heterocycles. The molecule has 0 unspecified atom stereocenters. The van der Waals surface area contributed by atoms with Gasteiger partial charge in [0.2, 0.25) is 17.7 Å². The number of H-pyrrole nitrogens is 1. The molecule has 1 atom stereocenters. The quantitative estimate of drug-likeness (QED) is 0.179. The number of ether oxygens (including phenoxy) is 2. The molecule has 2 aromatic carbocycles. The number of fused-ring (bicyclic) bond motifs is 1. The molecule has 3 N–H and O–H groups in total. The average Bonchev–Trinajstić information content (AvgIpc) is 3.71. The van der Waals surface area contributed by atoms with Crippen molar-refractivity contribution in [3.05, 3.63) is 70.9 Å². The molecule has 246 valence electrons. The number of benzene rings is 2. The number of carbonyl (C=O) groups is 4. The standard InChI is InChI=1S/C31H32ClFN8O6/c1-31(2,3)47-30(45)24-15-18-14-19(4-7-22(18)36-24)35-29(44)23(16-27(43)40-10-12-46-13-11-40)37-26(42)9-5-20-25(41-17-34-38-39-41)8-6-21(32)28(20)33/h4-9,14-15,17,23,36H,10-13,16H2,1-3H3,(H,35,44)(H,37,42)/b9-5+/t23-/m0/s1. The van der Waals surface area contributed by atoms with Crippen molar-refractivity contribution in [3.8, 4) is 5.69 Å². The molecule has 14 nitrogen and oxygen atoms in total. The van der Waals surface area contributed by atoms with E-state index in [1.165, 1.54) is 29.2 Å². The normalized spacial score (nSPS) is 14.3. The number of hydrogen-bond acceptors (Lipinski definition) is 9. The zero-order chi connectivity index (χ0) is 33.7. The zero-order valence-electron chi connectivity index (χ0n) is 25.8. The maximum absolute atomic E-state index is 15.0. The topological polar surface area (TPSA) is 173 Å². The predicted octanol–water partition coefficient (Wildman–Crippen LogP) is 3.28. The summed E-state index contributed by atoms with van der Waals surface area (Å²) in [5.41, 5.74) is 0.697. The summed E-state index contributed by atoms with van der Waals surface area (Å²) in [5.74, 6) is -3.14. The number of esters is 1. The van der Waals surface area contributed by atoms with Gasteiger partial charge in [0, 0.05) is 41.3 Å². The van der Waals surface area contributed by atoms with Crippen LogP contribution < -0.4 is 10.6 Å². The number of halogens is 2. The number of rotatable bonds is 9. The van der Waals surface area contributed by atoms with E-state index in [0.717, 1.165) is 6.08 Å². The number of nitrogens with zero attached hydrogens (tertiary/aromatic N) is 5. The lowest BCUT2D eigenvalue weighted by atomic mass is 10.1. The summed E-state index contributed by atoms with van der Waals surface area (Å²) >= 11 is 5.98. The molecular formula is C31H32ClFN8O6. The van der Waals surface area contributed by atoms with Gasteiger partial charge >= 0.3 is 5.97 Å². The highest BCUT2D eigenvalue weighted by Crippen LogP contribution is 2.26. The van der Waals surface area contributed by atoms with E-state index in [1.54, 1.807) is 49.9 Å². The van der Waals surface area contributed by atoms with Crippen LogP contribution >= 0.6 is 11.6 Å². The van der Waals surface area contributed by atoms with Crippen molar-refractivity contribution in [2.24, 2.45) is 0 Å².